The standard InChI is InChI=1S/C22H26FN3O4S/c1-31(28,29)25-19-12-20(30-13-18(19)24)22(27)26-11-10-14-4-2-3-5-17(14)21(26)15-6-8-16(23)9-7-15/h2-9,18-21,25H,10-13,24H2,1H3/t18-,19+,20-,21+/m1/s1. The van der Waals surface area contributed by atoms with Gasteiger partial charge in [0.25, 0.3) is 5.91 Å². The molecule has 3 N–H and O–H groups in total. The topological polar surface area (TPSA) is 102 Å². The van der Waals surface area contributed by atoms with E-state index in [-0.39, 0.29) is 30.8 Å². The normalized spacial score (nSPS) is 26.4. The minimum absolute atomic E-state index is 0.0786. The molecule has 0 spiro atoms. The predicted molar refractivity (Wildman–Crippen MR) is 114 cm³/mol. The van der Waals surface area contributed by atoms with E-state index in [0.29, 0.717) is 13.0 Å². The Labute approximate surface area is 181 Å². The summed E-state index contributed by atoms with van der Waals surface area (Å²) in [6.45, 7) is 0.559. The van der Waals surface area contributed by atoms with Crippen LogP contribution in [0.25, 0.3) is 0 Å². The first-order valence-corrected chi connectivity index (χ1v) is 12.1. The Morgan fingerprint density at radius 1 is 1.19 bits per heavy atom. The fourth-order valence-electron chi connectivity index (χ4n) is 4.39. The number of rotatable bonds is 4. The van der Waals surface area contributed by atoms with Gasteiger partial charge in [-0.05, 0) is 35.2 Å². The fraction of sp³-hybridized carbons (Fsp3) is 0.409. The highest BCUT2D eigenvalue weighted by molar-refractivity contribution is 7.88. The van der Waals surface area contributed by atoms with Crippen molar-refractivity contribution in [2.24, 2.45) is 5.73 Å². The lowest BCUT2D eigenvalue weighted by Gasteiger charge is -2.41. The maximum absolute atomic E-state index is 13.5. The number of ether oxygens (including phenoxy) is 1. The SMILES string of the molecule is CS(=O)(=O)N[C@H]1C[C@H](C(=O)N2CCc3ccccc3[C@@H]2c2ccc(F)cc2)OC[C@H]1N. The molecule has 0 radical (unpaired) electrons. The van der Waals surface area contributed by atoms with Crippen molar-refractivity contribution >= 4 is 15.9 Å². The van der Waals surface area contributed by atoms with Gasteiger partial charge < -0.3 is 15.4 Å². The van der Waals surface area contributed by atoms with E-state index in [4.69, 9.17) is 10.5 Å². The zero-order valence-electron chi connectivity index (χ0n) is 17.2. The van der Waals surface area contributed by atoms with E-state index in [0.717, 1.165) is 22.9 Å². The van der Waals surface area contributed by atoms with Gasteiger partial charge in [-0.1, -0.05) is 36.4 Å². The van der Waals surface area contributed by atoms with Crippen LogP contribution in [0, 0.1) is 5.82 Å². The molecule has 4 atom stereocenters. The molecular weight excluding hydrogens is 421 g/mol. The Balaban J connectivity index is 1.64. The number of nitrogens with two attached hydrogens (primary N) is 1. The van der Waals surface area contributed by atoms with Crippen LogP contribution < -0.4 is 10.5 Å². The summed E-state index contributed by atoms with van der Waals surface area (Å²) in [6.07, 6.45) is 1.10. The van der Waals surface area contributed by atoms with Crippen LogP contribution in [0.1, 0.15) is 29.2 Å². The van der Waals surface area contributed by atoms with Crippen LogP contribution in [0.15, 0.2) is 48.5 Å². The van der Waals surface area contributed by atoms with Gasteiger partial charge in [-0.3, -0.25) is 4.79 Å². The second-order valence-electron chi connectivity index (χ2n) is 8.15. The Bertz CT molecular complexity index is 1060. The van der Waals surface area contributed by atoms with Gasteiger partial charge >= 0.3 is 0 Å². The number of hydrogen-bond acceptors (Lipinski definition) is 5. The summed E-state index contributed by atoms with van der Waals surface area (Å²) in [6, 6.07) is 12.6. The van der Waals surface area contributed by atoms with Crippen molar-refractivity contribution in [3.05, 3.63) is 71.0 Å². The third kappa shape index (κ3) is 4.79. The van der Waals surface area contributed by atoms with Crippen LogP contribution >= 0.6 is 0 Å². The molecule has 1 amide bonds. The summed E-state index contributed by atoms with van der Waals surface area (Å²) in [4.78, 5) is 15.3. The molecule has 4 rings (SSSR count). The van der Waals surface area contributed by atoms with Gasteiger partial charge in [-0.25, -0.2) is 17.5 Å². The van der Waals surface area contributed by atoms with Crippen LogP contribution in [0.2, 0.25) is 0 Å². The first kappa shape index (κ1) is 21.9. The predicted octanol–water partition coefficient (Wildman–Crippen LogP) is 1.33. The second kappa shape index (κ2) is 8.66. The van der Waals surface area contributed by atoms with Crippen LogP contribution in [0.5, 0.6) is 0 Å². The van der Waals surface area contributed by atoms with E-state index in [1.54, 1.807) is 17.0 Å². The number of nitrogens with one attached hydrogen (secondary N) is 1. The number of sulfonamides is 1. The zero-order valence-corrected chi connectivity index (χ0v) is 18.0. The third-order valence-corrected chi connectivity index (χ3v) is 6.60. The van der Waals surface area contributed by atoms with Crippen molar-refractivity contribution in [3.8, 4) is 0 Å². The maximum atomic E-state index is 13.5. The van der Waals surface area contributed by atoms with Crippen LogP contribution in [0.3, 0.4) is 0 Å². The van der Waals surface area contributed by atoms with E-state index in [1.165, 1.54) is 12.1 Å². The van der Waals surface area contributed by atoms with Crippen LogP contribution in [-0.2, 0) is 26.0 Å². The first-order chi connectivity index (χ1) is 14.7. The molecule has 0 bridgehead atoms. The summed E-state index contributed by atoms with van der Waals surface area (Å²) >= 11 is 0. The molecule has 0 unspecified atom stereocenters. The summed E-state index contributed by atoms with van der Waals surface area (Å²) in [5, 5.41) is 0. The summed E-state index contributed by atoms with van der Waals surface area (Å²) in [5.74, 6) is -0.568. The number of amides is 1. The van der Waals surface area contributed by atoms with Crippen LogP contribution in [0.4, 0.5) is 4.39 Å². The summed E-state index contributed by atoms with van der Waals surface area (Å²) in [7, 11) is -3.47. The van der Waals surface area contributed by atoms with Crippen molar-refractivity contribution in [1.29, 1.82) is 0 Å². The lowest BCUT2D eigenvalue weighted by Crippen LogP contribution is -2.58. The van der Waals surface area contributed by atoms with Crippen molar-refractivity contribution < 1.29 is 22.3 Å². The van der Waals surface area contributed by atoms with E-state index in [9.17, 15) is 17.6 Å². The molecule has 0 aliphatic carbocycles. The fourth-order valence-corrected chi connectivity index (χ4v) is 5.21. The monoisotopic (exact) mass is 447 g/mol. The number of nitrogens with zero attached hydrogens (tertiary/aromatic N) is 1. The van der Waals surface area contributed by atoms with Crippen molar-refractivity contribution in [3.63, 3.8) is 0 Å². The average Bonchev–Trinajstić information content (AvgIpc) is 2.74. The molecule has 2 aromatic carbocycles. The molecular formula is C22H26FN3O4S. The lowest BCUT2D eigenvalue weighted by molar-refractivity contribution is -0.150. The number of fused-ring (bicyclic) bond motifs is 1. The van der Waals surface area contributed by atoms with Crippen molar-refractivity contribution in [2.75, 3.05) is 19.4 Å². The molecule has 0 aromatic heterocycles. The molecule has 2 aliphatic heterocycles. The highest BCUT2D eigenvalue weighted by Gasteiger charge is 2.40. The molecule has 2 aromatic rings. The lowest BCUT2D eigenvalue weighted by atomic mass is 9.87. The smallest absolute Gasteiger partial charge is 0.252 e. The third-order valence-electron chi connectivity index (χ3n) is 5.87. The minimum Gasteiger partial charge on any atom is -0.367 e. The molecule has 7 nitrogen and oxygen atoms in total. The van der Waals surface area contributed by atoms with Gasteiger partial charge in [0.15, 0.2) is 0 Å². The highest BCUT2D eigenvalue weighted by Crippen LogP contribution is 2.36. The molecule has 166 valence electrons. The average molecular weight is 448 g/mol. The Hall–Kier alpha value is -2.33. The van der Waals surface area contributed by atoms with Crippen molar-refractivity contribution in [1.82, 2.24) is 9.62 Å². The van der Waals surface area contributed by atoms with Gasteiger partial charge in [0.1, 0.15) is 11.9 Å². The maximum Gasteiger partial charge on any atom is 0.252 e. The molecule has 1 saturated heterocycles. The van der Waals surface area contributed by atoms with Crippen LogP contribution in [-0.4, -0.2) is 56.8 Å². The minimum atomic E-state index is -3.47. The number of carbonyl (C=O) groups excluding carboxylic acids is 1. The zero-order chi connectivity index (χ0) is 22.2. The van der Waals surface area contributed by atoms with E-state index in [1.807, 2.05) is 24.3 Å². The molecule has 31 heavy (non-hydrogen) atoms. The molecule has 2 aliphatic rings. The summed E-state index contributed by atoms with van der Waals surface area (Å²) in [5.41, 5.74) is 8.95. The van der Waals surface area contributed by atoms with Gasteiger partial charge in [-0.15, -0.1) is 0 Å². The van der Waals surface area contributed by atoms with Gasteiger partial charge in [0.05, 0.1) is 18.9 Å². The quantitative estimate of drug-likeness (QED) is 0.737. The number of carbonyl (C=O) groups is 1. The Morgan fingerprint density at radius 2 is 1.90 bits per heavy atom. The van der Waals surface area contributed by atoms with E-state index in [2.05, 4.69) is 4.72 Å². The van der Waals surface area contributed by atoms with Gasteiger partial charge in [0.2, 0.25) is 10.0 Å². The summed E-state index contributed by atoms with van der Waals surface area (Å²) < 4.78 is 45.2. The molecule has 9 heteroatoms. The second-order valence-corrected chi connectivity index (χ2v) is 9.93. The number of benzene rings is 2. The number of hydrogen-bond donors (Lipinski definition) is 2. The number of halogens is 1. The Morgan fingerprint density at radius 3 is 2.61 bits per heavy atom. The van der Waals surface area contributed by atoms with E-state index < -0.39 is 28.2 Å². The van der Waals surface area contributed by atoms with Crippen molar-refractivity contribution in [2.45, 2.75) is 37.1 Å². The largest absolute Gasteiger partial charge is 0.367 e. The van der Waals surface area contributed by atoms with Gasteiger partial charge in [0, 0.05) is 25.0 Å². The van der Waals surface area contributed by atoms with Gasteiger partial charge in [-0.2, -0.15) is 0 Å². The Kier molecular flexibility index (Phi) is 6.11. The molecule has 0 saturated carbocycles. The molecule has 2 heterocycles. The first-order valence-electron chi connectivity index (χ1n) is 10.2. The highest BCUT2D eigenvalue weighted by atomic mass is 32.2. The molecule has 1 fully saturated rings. The van der Waals surface area contributed by atoms with E-state index >= 15 is 0 Å².